The van der Waals surface area contributed by atoms with Crippen molar-refractivity contribution in [1.29, 1.82) is 21.0 Å². The van der Waals surface area contributed by atoms with Crippen molar-refractivity contribution in [3.63, 3.8) is 0 Å². The fraction of sp³-hybridized carbons (Fsp3) is 0. The normalized spacial score (nSPS) is 11.0. The molecular weight excluding hydrogens is 939 g/mol. The van der Waals surface area contributed by atoms with Gasteiger partial charge < -0.3 is 9.80 Å². The third-order valence-corrected chi connectivity index (χ3v) is 14.0. The van der Waals surface area contributed by atoms with Gasteiger partial charge in [0.05, 0.1) is 69.3 Å². The van der Waals surface area contributed by atoms with Crippen LogP contribution in [-0.4, -0.2) is 0 Å². The first kappa shape index (κ1) is 46.2. The molecule has 12 rings (SSSR count). The van der Waals surface area contributed by atoms with Crippen molar-refractivity contribution in [2.75, 3.05) is 9.80 Å². The summed E-state index contributed by atoms with van der Waals surface area (Å²) in [6, 6.07) is 79.8. The first-order chi connectivity index (χ1) is 37.3. The first-order valence-electron chi connectivity index (χ1n) is 24.4. The third-order valence-electron chi connectivity index (χ3n) is 14.0. The smallest absolute Gasteiger partial charge is 0.155 e. The second-order valence-electron chi connectivity index (χ2n) is 18.4. The predicted molar refractivity (Wildman–Crippen MR) is 300 cm³/mol. The average molecular weight is 977 g/mol. The average Bonchev–Trinajstić information content (AvgIpc) is 3.64. The maximum absolute atomic E-state index is 18.4. The number of nitriles is 4. The van der Waals surface area contributed by atoms with Gasteiger partial charge in [0.2, 0.25) is 0 Å². The number of nitrogens with zero attached hydrogens (tertiary/aromatic N) is 6. The van der Waals surface area contributed by atoms with Gasteiger partial charge in [-0.3, -0.25) is 0 Å². The molecule has 0 spiro atoms. The van der Waals surface area contributed by atoms with Crippen molar-refractivity contribution < 1.29 is 8.78 Å². The Morgan fingerprint density at radius 1 is 0.303 bits per heavy atom. The molecule has 0 aliphatic carbocycles. The Bertz CT molecular complexity index is 4160. The molecule has 354 valence electrons. The van der Waals surface area contributed by atoms with E-state index in [4.69, 9.17) is 0 Å². The zero-order valence-corrected chi connectivity index (χ0v) is 40.4. The van der Waals surface area contributed by atoms with Crippen molar-refractivity contribution >= 4 is 66.4 Å². The van der Waals surface area contributed by atoms with Crippen LogP contribution in [0.4, 0.5) is 42.9 Å². The van der Waals surface area contributed by atoms with Gasteiger partial charge in [0.1, 0.15) is 0 Å². The Balaban J connectivity index is 1.15. The highest BCUT2D eigenvalue weighted by molar-refractivity contribution is 6.28. The molecule has 0 amide bonds. The molecule has 76 heavy (non-hydrogen) atoms. The molecule has 0 heterocycles. The first-order valence-corrected chi connectivity index (χ1v) is 24.4. The van der Waals surface area contributed by atoms with Crippen LogP contribution >= 0.6 is 0 Å². The van der Waals surface area contributed by atoms with E-state index in [1.807, 2.05) is 119 Å². The van der Waals surface area contributed by atoms with Gasteiger partial charge in [-0.05, 0) is 129 Å². The van der Waals surface area contributed by atoms with Crippen LogP contribution in [0.5, 0.6) is 0 Å². The molecule has 0 atom stereocenters. The second kappa shape index (κ2) is 19.3. The molecule has 0 bridgehead atoms. The lowest BCUT2D eigenvalue weighted by atomic mass is 9.90. The molecule has 0 aromatic heterocycles. The molecular formula is C68H38F2N6. The van der Waals surface area contributed by atoms with Gasteiger partial charge in [0.15, 0.2) is 11.6 Å². The van der Waals surface area contributed by atoms with Crippen LogP contribution in [0.1, 0.15) is 22.3 Å². The number of hydrogen-bond acceptors (Lipinski definition) is 6. The number of hydrogen-bond donors (Lipinski definition) is 0. The summed E-state index contributed by atoms with van der Waals surface area (Å²) in [5, 5.41) is 45.2. The molecule has 12 aromatic carbocycles. The Morgan fingerprint density at radius 3 is 0.961 bits per heavy atom. The van der Waals surface area contributed by atoms with Gasteiger partial charge in [-0.15, -0.1) is 0 Å². The number of rotatable bonds is 10. The maximum atomic E-state index is 18.4. The van der Waals surface area contributed by atoms with Crippen molar-refractivity contribution in [3.8, 4) is 68.8 Å². The van der Waals surface area contributed by atoms with E-state index in [1.165, 1.54) is 0 Å². The fourth-order valence-corrected chi connectivity index (χ4v) is 10.6. The molecule has 0 radical (unpaired) electrons. The van der Waals surface area contributed by atoms with Gasteiger partial charge in [0.25, 0.3) is 0 Å². The number of para-hydroxylation sites is 2. The van der Waals surface area contributed by atoms with Gasteiger partial charge in [0, 0.05) is 44.4 Å². The van der Waals surface area contributed by atoms with Crippen LogP contribution in [-0.2, 0) is 0 Å². The number of anilines is 6. The van der Waals surface area contributed by atoms with Crippen LogP contribution in [0.25, 0.3) is 76.8 Å². The Kier molecular flexibility index (Phi) is 11.7. The Morgan fingerprint density at radius 2 is 0.618 bits per heavy atom. The van der Waals surface area contributed by atoms with E-state index in [1.54, 1.807) is 97.1 Å². The summed E-state index contributed by atoms with van der Waals surface area (Å²) in [6.45, 7) is 0. The summed E-state index contributed by atoms with van der Waals surface area (Å²) in [5.41, 5.74) is 8.87. The van der Waals surface area contributed by atoms with Crippen molar-refractivity contribution in [2.45, 2.75) is 0 Å². The highest BCUT2D eigenvalue weighted by Crippen LogP contribution is 2.52. The van der Waals surface area contributed by atoms with Gasteiger partial charge in [-0.25, -0.2) is 8.78 Å². The largest absolute Gasteiger partial charge is 0.307 e. The molecule has 0 aliphatic rings. The van der Waals surface area contributed by atoms with Crippen LogP contribution in [0, 0.1) is 57.0 Å². The quantitative estimate of drug-likeness (QED) is 0.127. The van der Waals surface area contributed by atoms with Crippen LogP contribution in [0.15, 0.2) is 231 Å². The minimum atomic E-state index is -0.523. The maximum Gasteiger partial charge on any atom is 0.155 e. The Hall–Kier alpha value is -10.9. The number of benzene rings is 12. The van der Waals surface area contributed by atoms with Crippen molar-refractivity contribution in [1.82, 2.24) is 0 Å². The number of halogens is 2. The lowest BCUT2D eigenvalue weighted by Gasteiger charge is -2.32. The molecule has 0 fully saturated rings. The monoisotopic (exact) mass is 976 g/mol. The van der Waals surface area contributed by atoms with E-state index in [9.17, 15) is 21.0 Å². The zero-order valence-electron chi connectivity index (χ0n) is 40.4. The molecule has 0 saturated carbocycles. The highest BCUT2D eigenvalue weighted by atomic mass is 19.1. The lowest BCUT2D eigenvalue weighted by Crippen LogP contribution is -2.15. The molecule has 0 aliphatic heterocycles. The molecule has 12 aromatic rings. The molecule has 0 saturated heterocycles. The van der Waals surface area contributed by atoms with Crippen LogP contribution in [0.3, 0.4) is 0 Å². The van der Waals surface area contributed by atoms with Crippen LogP contribution < -0.4 is 9.80 Å². The molecule has 0 unspecified atom stereocenters. The van der Waals surface area contributed by atoms with Crippen LogP contribution in [0.2, 0.25) is 0 Å². The summed E-state index contributed by atoms with van der Waals surface area (Å²) in [5.74, 6) is -1.05. The molecule has 6 nitrogen and oxygen atoms in total. The summed E-state index contributed by atoms with van der Waals surface area (Å²) in [7, 11) is 0. The van der Waals surface area contributed by atoms with Gasteiger partial charge in [-0.2, -0.15) is 21.0 Å². The van der Waals surface area contributed by atoms with Crippen molar-refractivity contribution in [3.05, 3.63) is 264 Å². The zero-order chi connectivity index (χ0) is 51.9. The lowest BCUT2D eigenvalue weighted by molar-refractivity contribution is 0.632. The minimum absolute atomic E-state index is 0.246. The fourth-order valence-electron chi connectivity index (χ4n) is 10.6. The van der Waals surface area contributed by atoms with E-state index >= 15 is 8.78 Å². The summed E-state index contributed by atoms with van der Waals surface area (Å²) in [4.78, 5) is 3.88. The molecule has 8 heteroatoms. The SMILES string of the molecule is N#Cc1cccc(-c2ccc(-c3cccc(C#N)c3)c(N(c3ccccc3)c3ccc4ccc5c(N(c6ccccc6)c6c(-c7cccc(C#N)c7)ccc(-c7cccc(C#N)c7)c6F)ccc6ccc3c4c65)c2F)c1. The molecule has 0 N–H and O–H groups in total. The standard InChI is InChI=1S/C68H38F2N6/c69-65-55(49-15-7-11-43(35-49)39-71)29-31-57(51-17-9-13-45(37-51)41-73)67(65)75(53-19-3-1-4-20-53)61-33-25-47-24-28-60-62(34-26-48-23-27-59(61)63(47)64(48)60)76(54-21-5-2-6-22-54)68-58(52-18-10-14-46(38-52)42-74)32-30-56(66(68)70)50-16-8-12-44(36-50)40-72/h1-38H. The van der Waals surface area contributed by atoms with E-state index in [2.05, 4.69) is 48.5 Å². The minimum Gasteiger partial charge on any atom is -0.307 e. The van der Waals surface area contributed by atoms with Gasteiger partial charge in [-0.1, -0.05) is 146 Å². The summed E-state index contributed by atoms with van der Waals surface area (Å²) >= 11 is 0. The van der Waals surface area contributed by atoms with E-state index < -0.39 is 11.6 Å². The van der Waals surface area contributed by atoms with E-state index in [-0.39, 0.29) is 11.4 Å². The topological polar surface area (TPSA) is 102 Å². The van der Waals surface area contributed by atoms with Gasteiger partial charge >= 0.3 is 0 Å². The van der Waals surface area contributed by atoms with Crippen molar-refractivity contribution in [2.24, 2.45) is 0 Å². The van der Waals surface area contributed by atoms with E-state index in [0.29, 0.717) is 89.5 Å². The predicted octanol–water partition coefficient (Wildman–Crippen LogP) is 18.0. The highest BCUT2D eigenvalue weighted by Gasteiger charge is 2.29. The summed E-state index contributed by atoms with van der Waals surface area (Å²) in [6.07, 6.45) is 0. The Labute approximate surface area is 437 Å². The summed E-state index contributed by atoms with van der Waals surface area (Å²) < 4.78 is 36.7. The second-order valence-corrected chi connectivity index (χ2v) is 18.4. The third kappa shape index (κ3) is 7.94. The van der Waals surface area contributed by atoms with E-state index in [0.717, 1.165) is 32.3 Å².